The zero-order valence-electron chi connectivity index (χ0n) is 15.5. The Hall–Kier alpha value is -3.23. The number of furan rings is 1. The standard InChI is InChI=1S/C20H19F3N4O2/c1-12-4-6-13(7-5-12)16-9-17(20(21,22)23)27-18(26-16)15(11-25-27)19(28)24-10-14-3-2-8-29-14/h2-8,11,16-17,26H,9-10H2,1H3,(H,24,28)/t16-,17+/m0/s1. The number of carbonyl (C=O) groups is 1. The van der Waals surface area contributed by atoms with Crippen molar-refractivity contribution in [2.75, 3.05) is 5.32 Å². The van der Waals surface area contributed by atoms with Crippen LogP contribution in [0.4, 0.5) is 19.0 Å². The van der Waals surface area contributed by atoms with Crippen LogP contribution in [0.25, 0.3) is 0 Å². The van der Waals surface area contributed by atoms with Crippen LogP contribution in [0.5, 0.6) is 0 Å². The molecule has 0 saturated carbocycles. The normalized spacial score (nSPS) is 18.8. The first-order valence-electron chi connectivity index (χ1n) is 9.11. The molecule has 1 aliphatic rings. The molecule has 3 aromatic rings. The number of anilines is 1. The minimum Gasteiger partial charge on any atom is -0.467 e. The third-order valence-electron chi connectivity index (χ3n) is 4.97. The molecule has 4 rings (SSSR count). The Morgan fingerprint density at radius 3 is 2.72 bits per heavy atom. The fourth-order valence-electron chi connectivity index (χ4n) is 3.42. The lowest BCUT2D eigenvalue weighted by atomic mass is 9.96. The second-order valence-electron chi connectivity index (χ2n) is 7.01. The summed E-state index contributed by atoms with van der Waals surface area (Å²) in [6, 6.07) is 8.25. The minimum absolute atomic E-state index is 0.0566. The van der Waals surface area contributed by atoms with Crippen molar-refractivity contribution in [3.05, 3.63) is 71.3 Å². The molecule has 6 nitrogen and oxygen atoms in total. The average Bonchev–Trinajstić information content (AvgIpc) is 3.35. The molecule has 0 bridgehead atoms. The number of hydrogen-bond acceptors (Lipinski definition) is 4. The summed E-state index contributed by atoms with van der Waals surface area (Å²) in [6.45, 7) is 2.04. The summed E-state index contributed by atoms with van der Waals surface area (Å²) >= 11 is 0. The van der Waals surface area contributed by atoms with Crippen LogP contribution in [0.2, 0.25) is 0 Å². The van der Waals surface area contributed by atoms with Crippen LogP contribution < -0.4 is 10.6 Å². The smallest absolute Gasteiger partial charge is 0.410 e. The number of aromatic nitrogens is 2. The predicted octanol–water partition coefficient (Wildman–Crippen LogP) is 4.37. The molecule has 3 heterocycles. The van der Waals surface area contributed by atoms with Gasteiger partial charge in [0.25, 0.3) is 5.91 Å². The van der Waals surface area contributed by atoms with Gasteiger partial charge in [-0.05, 0) is 24.6 Å². The van der Waals surface area contributed by atoms with E-state index >= 15 is 0 Å². The molecular weight excluding hydrogens is 385 g/mol. The molecule has 152 valence electrons. The number of benzene rings is 1. The fourth-order valence-corrected chi connectivity index (χ4v) is 3.42. The second-order valence-corrected chi connectivity index (χ2v) is 7.01. The van der Waals surface area contributed by atoms with Crippen LogP contribution in [0.1, 0.15) is 45.7 Å². The first-order valence-corrected chi connectivity index (χ1v) is 9.11. The summed E-state index contributed by atoms with van der Waals surface area (Å²) in [7, 11) is 0. The number of nitrogens with zero attached hydrogens (tertiary/aromatic N) is 2. The number of halogens is 3. The highest BCUT2D eigenvalue weighted by molar-refractivity contribution is 5.98. The van der Waals surface area contributed by atoms with Gasteiger partial charge in [-0.2, -0.15) is 18.3 Å². The fraction of sp³-hybridized carbons (Fsp3) is 0.300. The lowest BCUT2D eigenvalue weighted by Gasteiger charge is -2.34. The first-order chi connectivity index (χ1) is 13.8. The van der Waals surface area contributed by atoms with Gasteiger partial charge in [0.05, 0.1) is 25.0 Å². The highest BCUT2D eigenvalue weighted by Gasteiger charge is 2.47. The average molecular weight is 404 g/mol. The molecule has 2 atom stereocenters. The number of aryl methyl sites for hydroxylation is 1. The Morgan fingerprint density at radius 2 is 2.07 bits per heavy atom. The van der Waals surface area contributed by atoms with E-state index in [-0.39, 0.29) is 24.3 Å². The van der Waals surface area contributed by atoms with Crippen LogP contribution in [-0.4, -0.2) is 21.9 Å². The number of amides is 1. The van der Waals surface area contributed by atoms with Crippen molar-refractivity contribution in [3.63, 3.8) is 0 Å². The van der Waals surface area contributed by atoms with Gasteiger partial charge in [-0.15, -0.1) is 0 Å². The van der Waals surface area contributed by atoms with E-state index in [2.05, 4.69) is 15.7 Å². The zero-order valence-corrected chi connectivity index (χ0v) is 15.5. The molecule has 2 aromatic heterocycles. The molecule has 1 aromatic carbocycles. The van der Waals surface area contributed by atoms with Crippen LogP contribution in [-0.2, 0) is 6.54 Å². The van der Waals surface area contributed by atoms with Crippen LogP contribution in [0, 0.1) is 6.92 Å². The molecule has 0 unspecified atom stereocenters. The zero-order chi connectivity index (χ0) is 20.6. The summed E-state index contributed by atoms with van der Waals surface area (Å²) in [5.74, 6) is 0.0692. The quantitative estimate of drug-likeness (QED) is 0.677. The van der Waals surface area contributed by atoms with Gasteiger partial charge in [0, 0.05) is 6.42 Å². The molecule has 0 radical (unpaired) electrons. The third-order valence-corrected chi connectivity index (χ3v) is 4.97. The maximum Gasteiger partial charge on any atom is 0.410 e. The van der Waals surface area contributed by atoms with E-state index in [4.69, 9.17) is 4.42 Å². The Morgan fingerprint density at radius 1 is 1.31 bits per heavy atom. The lowest BCUT2D eigenvalue weighted by Crippen LogP contribution is -2.36. The molecule has 1 amide bonds. The van der Waals surface area contributed by atoms with Gasteiger partial charge in [-0.25, -0.2) is 4.68 Å². The summed E-state index contributed by atoms with van der Waals surface area (Å²) in [5.41, 5.74) is 1.79. The molecule has 0 fully saturated rings. The SMILES string of the molecule is Cc1ccc([C@@H]2C[C@H](C(F)(F)F)n3ncc(C(=O)NCc4ccco4)c3N2)cc1. The van der Waals surface area contributed by atoms with Gasteiger partial charge in [0.15, 0.2) is 6.04 Å². The topological polar surface area (TPSA) is 72.1 Å². The molecule has 0 aliphatic carbocycles. The van der Waals surface area contributed by atoms with Crippen molar-refractivity contribution >= 4 is 11.7 Å². The number of nitrogens with one attached hydrogen (secondary N) is 2. The monoisotopic (exact) mass is 404 g/mol. The van der Waals surface area contributed by atoms with Crippen LogP contribution >= 0.6 is 0 Å². The van der Waals surface area contributed by atoms with E-state index in [1.54, 1.807) is 24.3 Å². The van der Waals surface area contributed by atoms with Gasteiger partial charge in [-0.3, -0.25) is 4.79 Å². The van der Waals surface area contributed by atoms with E-state index in [1.807, 2.05) is 19.1 Å². The van der Waals surface area contributed by atoms with Gasteiger partial charge in [0.2, 0.25) is 0 Å². The first kappa shape index (κ1) is 19.1. The molecule has 1 aliphatic heterocycles. The van der Waals surface area contributed by atoms with Crippen molar-refractivity contribution in [3.8, 4) is 0 Å². The van der Waals surface area contributed by atoms with E-state index in [9.17, 15) is 18.0 Å². The van der Waals surface area contributed by atoms with Crippen LogP contribution in [0.3, 0.4) is 0 Å². The molecule has 0 saturated heterocycles. The van der Waals surface area contributed by atoms with Crippen molar-refractivity contribution < 1.29 is 22.4 Å². The number of rotatable bonds is 4. The second kappa shape index (κ2) is 7.31. The number of hydrogen-bond donors (Lipinski definition) is 2. The molecular formula is C20H19F3N4O2. The molecule has 29 heavy (non-hydrogen) atoms. The Kier molecular flexibility index (Phi) is 4.81. The Labute approximate surface area is 164 Å². The highest BCUT2D eigenvalue weighted by atomic mass is 19.4. The van der Waals surface area contributed by atoms with E-state index in [1.165, 1.54) is 6.26 Å². The van der Waals surface area contributed by atoms with Crippen molar-refractivity contribution in [1.82, 2.24) is 15.1 Å². The van der Waals surface area contributed by atoms with Crippen molar-refractivity contribution in [2.24, 2.45) is 0 Å². The van der Waals surface area contributed by atoms with Gasteiger partial charge >= 0.3 is 6.18 Å². The number of fused-ring (bicyclic) bond motifs is 1. The molecule has 2 N–H and O–H groups in total. The summed E-state index contributed by atoms with van der Waals surface area (Å²) < 4.78 is 47.2. The van der Waals surface area contributed by atoms with Gasteiger partial charge < -0.3 is 15.1 Å². The summed E-state index contributed by atoms with van der Waals surface area (Å²) in [5, 5.41) is 9.58. The number of carbonyl (C=O) groups excluding carboxylic acids is 1. The minimum atomic E-state index is -4.49. The van der Waals surface area contributed by atoms with E-state index in [0.29, 0.717) is 5.76 Å². The number of alkyl halides is 3. The van der Waals surface area contributed by atoms with Crippen LogP contribution in [0.15, 0.2) is 53.3 Å². The Bertz CT molecular complexity index is 994. The van der Waals surface area contributed by atoms with Crippen molar-refractivity contribution in [1.29, 1.82) is 0 Å². The maximum absolute atomic E-state index is 13.7. The third kappa shape index (κ3) is 3.85. The largest absolute Gasteiger partial charge is 0.467 e. The summed E-state index contributed by atoms with van der Waals surface area (Å²) in [4.78, 5) is 12.6. The van der Waals surface area contributed by atoms with E-state index in [0.717, 1.165) is 22.0 Å². The summed E-state index contributed by atoms with van der Waals surface area (Å²) in [6.07, 6.45) is -2.07. The highest BCUT2D eigenvalue weighted by Crippen LogP contribution is 2.44. The van der Waals surface area contributed by atoms with Gasteiger partial charge in [-0.1, -0.05) is 29.8 Å². The lowest BCUT2D eigenvalue weighted by molar-refractivity contribution is -0.173. The van der Waals surface area contributed by atoms with Crippen molar-refractivity contribution in [2.45, 2.75) is 38.1 Å². The predicted molar refractivity (Wildman–Crippen MR) is 99.4 cm³/mol. The molecule has 9 heteroatoms. The van der Waals surface area contributed by atoms with E-state index < -0.39 is 24.2 Å². The van der Waals surface area contributed by atoms with Gasteiger partial charge in [0.1, 0.15) is 17.1 Å². The maximum atomic E-state index is 13.7. The Balaban J connectivity index is 1.64. The molecule has 0 spiro atoms.